The quantitative estimate of drug-likeness (QED) is 0.626. The maximum Gasteiger partial charge on any atom is 0.237 e. The van der Waals surface area contributed by atoms with Crippen LogP contribution >= 0.6 is 35.0 Å². The first kappa shape index (κ1) is 16.0. The second-order valence-corrected chi connectivity index (χ2v) is 6.77. The van der Waals surface area contributed by atoms with Crippen molar-refractivity contribution in [1.82, 2.24) is 0 Å². The summed E-state index contributed by atoms with van der Waals surface area (Å²) < 4.78 is 0. The summed E-state index contributed by atoms with van der Waals surface area (Å²) in [6.45, 7) is 1.83. The predicted molar refractivity (Wildman–Crippen MR) is 91.3 cm³/mol. The highest BCUT2D eigenvalue weighted by molar-refractivity contribution is 8.00. The van der Waals surface area contributed by atoms with Crippen LogP contribution in [-0.4, -0.2) is 11.2 Å². The summed E-state index contributed by atoms with van der Waals surface area (Å²) in [7, 11) is 0. The molecule has 1 atom stereocenters. The second kappa shape index (κ2) is 7.07. The number of rotatable bonds is 4. The van der Waals surface area contributed by atoms with Crippen LogP contribution in [0.15, 0.2) is 47.4 Å². The lowest BCUT2D eigenvalue weighted by molar-refractivity contribution is -0.115. The number of nitrogen functional groups attached to an aromatic ring is 1. The monoisotopic (exact) mass is 340 g/mol. The maximum atomic E-state index is 12.2. The molecule has 1 unspecified atom stereocenters. The molecule has 0 radical (unpaired) electrons. The minimum Gasteiger partial charge on any atom is -0.399 e. The highest BCUT2D eigenvalue weighted by atomic mass is 35.5. The van der Waals surface area contributed by atoms with Gasteiger partial charge in [-0.25, -0.2) is 0 Å². The molecule has 110 valence electrons. The van der Waals surface area contributed by atoms with Crippen molar-refractivity contribution in [2.24, 2.45) is 0 Å². The van der Waals surface area contributed by atoms with Crippen molar-refractivity contribution in [2.75, 3.05) is 11.1 Å². The molecular weight excluding hydrogens is 327 g/mol. The van der Waals surface area contributed by atoms with Crippen LogP contribution in [0.25, 0.3) is 0 Å². The average molecular weight is 341 g/mol. The van der Waals surface area contributed by atoms with Crippen LogP contribution in [-0.2, 0) is 4.79 Å². The number of hydrogen-bond donors (Lipinski definition) is 2. The van der Waals surface area contributed by atoms with E-state index in [4.69, 9.17) is 28.9 Å². The van der Waals surface area contributed by atoms with Crippen molar-refractivity contribution in [3.05, 3.63) is 52.5 Å². The SMILES string of the molecule is CC(Sc1cccc(N)c1)C(=O)Nc1cc(Cl)cc(Cl)c1. The Hall–Kier alpha value is -1.36. The molecule has 2 rings (SSSR count). The van der Waals surface area contributed by atoms with Gasteiger partial charge in [0.2, 0.25) is 5.91 Å². The third kappa shape index (κ3) is 4.84. The van der Waals surface area contributed by atoms with Gasteiger partial charge in [0.1, 0.15) is 0 Å². The van der Waals surface area contributed by atoms with E-state index >= 15 is 0 Å². The summed E-state index contributed by atoms with van der Waals surface area (Å²) in [5.74, 6) is -0.124. The fourth-order valence-corrected chi connectivity index (χ4v) is 3.18. The zero-order valence-corrected chi connectivity index (χ0v) is 13.6. The molecule has 1 amide bonds. The van der Waals surface area contributed by atoms with Crippen LogP contribution in [0.2, 0.25) is 10.0 Å². The van der Waals surface area contributed by atoms with Crippen LogP contribution in [0.5, 0.6) is 0 Å². The molecule has 21 heavy (non-hydrogen) atoms. The number of nitrogens with one attached hydrogen (secondary N) is 1. The van der Waals surface area contributed by atoms with Gasteiger partial charge in [0.15, 0.2) is 0 Å². The zero-order chi connectivity index (χ0) is 15.4. The van der Waals surface area contributed by atoms with E-state index in [0.29, 0.717) is 21.4 Å². The van der Waals surface area contributed by atoms with Gasteiger partial charge in [-0.1, -0.05) is 29.3 Å². The van der Waals surface area contributed by atoms with E-state index in [9.17, 15) is 4.79 Å². The van der Waals surface area contributed by atoms with Gasteiger partial charge >= 0.3 is 0 Å². The van der Waals surface area contributed by atoms with E-state index in [1.807, 2.05) is 31.2 Å². The summed E-state index contributed by atoms with van der Waals surface area (Å²) in [6, 6.07) is 12.4. The Morgan fingerprint density at radius 2 is 1.86 bits per heavy atom. The molecule has 6 heteroatoms. The molecule has 0 saturated carbocycles. The van der Waals surface area contributed by atoms with Crippen LogP contribution < -0.4 is 11.1 Å². The molecule has 0 bridgehead atoms. The van der Waals surface area contributed by atoms with Gasteiger partial charge in [0.05, 0.1) is 5.25 Å². The van der Waals surface area contributed by atoms with Gasteiger partial charge < -0.3 is 11.1 Å². The number of carbonyl (C=O) groups is 1. The van der Waals surface area contributed by atoms with Crippen LogP contribution in [0, 0.1) is 0 Å². The minimum absolute atomic E-state index is 0.124. The fraction of sp³-hybridized carbons (Fsp3) is 0.133. The second-order valence-electron chi connectivity index (χ2n) is 4.48. The molecule has 0 aliphatic carbocycles. The first-order valence-corrected chi connectivity index (χ1v) is 7.87. The summed E-state index contributed by atoms with van der Waals surface area (Å²) in [5.41, 5.74) is 6.98. The summed E-state index contributed by atoms with van der Waals surface area (Å²) >= 11 is 13.2. The zero-order valence-electron chi connectivity index (χ0n) is 11.3. The molecule has 0 fully saturated rings. The van der Waals surface area contributed by atoms with Gasteiger partial charge in [0, 0.05) is 26.3 Å². The Morgan fingerprint density at radius 3 is 2.48 bits per heavy atom. The van der Waals surface area contributed by atoms with Gasteiger partial charge in [-0.15, -0.1) is 11.8 Å². The Balaban J connectivity index is 2.02. The molecule has 0 aliphatic rings. The van der Waals surface area contributed by atoms with Crippen molar-refractivity contribution in [1.29, 1.82) is 0 Å². The molecule has 0 spiro atoms. The lowest BCUT2D eigenvalue weighted by atomic mass is 10.3. The average Bonchev–Trinajstić information content (AvgIpc) is 2.37. The topological polar surface area (TPSA) is 55.1 Å². The maximum absolute atomic E-state index is 12.2. The number of anilines is 2. The lowest BCUT2D eigenvalue weighted by Gasteiger charge is -2.12. The minimum atomic E-state index is -0.274. The van der Waals surface area contributed by atoms with Gasteiger partial charge in [-0.3, -0.25) is 4.79 Å². The lowest BCUT2D eigenvalue weighted by Crippen LogP contribution is -2.22. The van der Waals surface area contributed by atoms with Crippen LogP contribution in [0.1, 0.15) is 6.92 Å². The number of amides is 1. The van der Waals surface area contributed by atoms with Crippen molar-refractivity contribution in [2.45, 2.75) is 17.1 Å². The van der Waals surface area contributed by atoms with E-state index in [1.54, 1.807) is 18.2 Å². The highest BCUT2D eigenvalue weighted by Crippen LogP contribution is 2.27. The summed E-state index contributed by atoms with van der Waals surface area (Å²) in [5, 5.41) is 3.49. The normalized spacial score (nSPS) is 12.0. The van der Waals surface area contributed by atoms with Crippen molar-refractivity contribution < 1.29 is 4.79 Å². The molecular formula is C15H14Cl2N2OS. The Kier molecular flexibility index (Phi) is 5.39. The number of nitrogens with two attached hydrogens (primary N) is 1. The van der Waals surface area contributed by atoms with E-state index in [-0.39, 0.29) is 11.2 Å². The van der Waals surface area contributed by atoms with E-state index < -0.39 is 0 Å². The van der Waals surface area contributed by atoms with Crippen LogP contribution in [0.4, 0.5) is 11.4 Å². The smallest absolute Gasteiger partial charge is 0.237 e. The first-order valence-electron chi connectivity index (χ1n) is 6.23. The Labute approximate surface area is 137 Å². The van der Waals surface area contributed by atoms with E-state index in [1.165, 1.54) is 11.8 Å². The number of carbonyl (C=O) groups excluding carboxylic acids is 1. The van der Waals surface area contributed by atoms with E-state index in [0.717, 1.165) is 4.90 Å². The molecule has 2 aromatic rings. The Bertz CT molecular complexity index is 644. The predicted octanol–water partition coefficient (Wildman–Crippen LogP) is 4.69. The molecule has 0 saturated heterocycles. The van der Waals surface area contributed by atoms with Crippen molar-refractivity contribution in [3.8, 4) is 0 Å². The molecule has 2 aromatic carbocycles. The summed E-state index contributed by atoms with van der Waals surface area (Å²) in [4.78, 5) is 13.1. The third-order valence-electron chi connectivity index (χ3n) is 2.67. The number of hydrogen-bond acceptors (Lipinski definition) is 3. The number of halogens is 2. The van der Waals surface area contributed by atoms with Gasteiger partial charge in [-0.05, 0) is 43.3 Å². The molecule has 3 N–H and O–H groups in total. The van der Waals surface area contributed by atoms with Crippen molar-refractivity contribution >= 4 is 52.2 Å². The number of thioether (sulfide) groups is 1. The third-order valence-corrected chi connectivity index (χ3v) is 4.20. The largest absolute Gasteiger partial charge is 0.399 e. The van der Waals surface area contributed by atoms with Crippen molar-refractivity contribution in [3.63, 3.8) is 0 Å². The van der Waals surface area contributed by atoms with Crippen LogP contribution in [0.3, 0.4) is 0 Å². The molecule has 0 aromatic heterocycles. The Morgan fingerprint density at radius 1 is 1.19 bits per heavy atom. The van der Waals surface area contributed by atoms with Gasteiger partial charge in [0.25, 0.3) is 0 Å². The van der Waals surface area contributed by atoms with Gasteiger partial charge in [-0.2, -0.15) is 0 Å². The number of benzene rings is 2. The highest BCUT2D eigenvalue weighted by Gasteiger charge is 2.15. The molecule has 3 nitrogen and oxygen atoms in total. The molecule has 0 heterocycles. The standard InChI is InChI=1S/C15H14Cl2N2OS/c1-9(21-14-4-2-3-12(18)8-14)15(20)19-13-6-10(16)5-11(17)7-13/h2-9H,18H2,1H3,(H,19,20). The molecule has 0 aliphatic heterocycles. The fourth-order valence-electron chi connectivity index (χ4n) is 1.72. The first-order chi connectivity index (χ1) is 9.94. The summed E-state index contributed by atoms with van der Waals surface area (Å²) in [6.07, 6.45) is 0. The van der Waals surface area contributed by atoms with E-state index in [2.05, 4.69) is 5.32 Å².